The molecule has 2 amide bonds. The van der Waals surface area contributed by atoms with Crippen LogP contribution >= 0.6 is 0 Å². The predicted octanol–water partition coefficient (Wildman–Crippen LogP) is -2.50. The number of anilines is 1. The molecule has 128 valence electrons. The van der Waals surface area contributed by atoms with Crippen LogP contribution in [0.4, 0.5) is 5.69 Å². The Morgan fingerprint density at radius 2 is 1.75 bits per heavy atom. The fourth-order valence-corrected chi connectivity index (χ4v) is 3.74. The van der Waals surface area contributed by atoms with Crippen molar-refractivity contribution in [3.8, 4) is 11.5 Å². The summed E-state index contributed by atoms with van der Waals surface area (Å²) in [4.78, 5) is 29.4. The van der Waals surface area contributed by atoms with Crippen LogP contribution in [-0.2, 0) is 9.59 Å². The van der Waals surface area contributed by atoms with Crippen LogP contribution in [0.3, 0.4) is 0 Å². The van der Waals surface area contributed by atoms with Crippen molar-refractivity contribution in [3.63, 3.8) is 0 Å². The number of piperazine rings is 1. The van der Waals surface area contributed by atoms with E-state index in [1.807, 2.05) is 0 Å². The third-order valence-corrected chi connectivity index (χ3v) is 5.17. The molecule has 24 heavy (non-hydrogen) atoms. The molecular formula is C17H23N3O4+2. The molecular weight excluding hydrogens is 310 g/mol. The Hall–Kier alpha value is -2.12. The van der Waals surface area contributed by atoms with Gasteiger partial charge in [0.15, 0.2) is 17.5 Å². The fourth-order valence-electron chi connectivity index (χ4n) is 3.74. The lowest BCUT2D eigenvalue weighted by Crippen LogP contribution is -3.29. The number of fused-ring (bicyclic) bond motifs is 1. The van der Waals surface area contributed by atoms with Crippen molar-refractivity contribution < 1.29 is 28.9 Å². The minimum atomic E-state index is -0.251. The van der Waals surface area contributed by atoms with Crippen LogP contribution in [-0.4, -0.2) is 64.3 Å². The van der Waals surface area contributed by atoms with Gasteiger partial charge in [-0.3, -0.25) is 9.59 Å². The summed E-state index contributed by atoms with van der Waals surface area (Å²) in [6.07, 6.45) is 0.293. The normalized spacial score (nSPS) is 29.9. The van der Waals surface area contributed by atoms with Gasteiger partial charge in [-0.2, -0.15) is 0 Å². The number of nitrogens with zero attached hydrogens (tertiary/aromatic N) is 1. The highest BCUT2D eigenvalue weighted by Crippen LogP contribution is 2.35. The molecule has 1 atom stereocenters. The summed E-state index contributed by atoms with van der Waals surface area (Å²) in [5, 5.41) is 0. The molecule has 0 radical (unpaired) electrons. The summed E-state index contributed by atoms with van der Waals surface area (Å²) in [6.45, 7) is 4.95. The molecule has 0 aromatic heterocycles. The molecule has 1 aromatic carbocycles. The summed E-state index contributed by atoms with van der Waals surface area (Å²) in [6, 6.07) is 5.01. The summed E-state index contributed by atoms with van der Waals surface area (Å²) >= 11 is 0. The van der Waals surface area contributed by atoms with Gasteiger partial charge in [-0.05, 0) is 12.1 Å². The zero-order valence-electron chi connectivity index (χ0n) is 13.8. The van der Waals surface area contributed by atoms with Gasteiger partial charge < -0.3 is 19.3 Å². The molecule has 0 bridgehead atoms. The number of rotatable bonds is 2. The number of amides is 2. The van der Waals surface area contributed by atoms with E-state index in [2.05, 4.69) is 7.05 Å². The monoisotopic (exact) mass is 333 g/mol. The molecule has 2 saturated heterocycles. The number of ether oxygens (including phenoxy) is 2. The summed E-state index contributed by atoms with van der Waals surface area (Å²) in [5.41, 5.74) is 0.580. The maximum Gasteiger partial charge on any atom is 0.292 e. The minimum absolute atomic E-state index is 0.0915. The van der Waals surface area contributed by atoms with E-state index < -0.39 is 0 Å². The first-order valence-electron chi connectivity index (χ1n) is 8.56. The van der Waals surface area contributed by atoms with Gasteiger partial charge in [-0.1, -0.05) is 0 Å². The SMILES string of the molecule is C[NH+]1CC[NH+](C2CC(=O)N(c3ccc4c(c3)OCCO4)C2=O)CC1. The van der Waals surface area contributed by atoms with E-state index >= 15 is 0 Å². The number of hydrogen-bond donors (Lipinski definition) is 2. The Morgan fingerprint density at radius 3 is 2.50 bits per heavy atom. The number of imide groups is 1. The lowest BCUT2D eigenvalue weighted by molar-refractivity contribution is -1.01. The largest absolute Gasteiger partial charge is 0.486 e. The Bertz CT molecular complexity index is 670. The van der Waals surface area contributed by atoms with Crippen molar-refractivity contribution in [2.75, 3.05) is 51.3 Å². The molecule has 4 rings (SSSR count). The van der Waals surface area contributed by atoms with E-state index in [1.54, 1.807) is 18.2 Å². The molecule has 3 heterocycles. The van der Waals surface area contributed by atoms with E-state index in [4.69, 9.17) is 9.47 Å². The molecule has 3 aliphatic rings. The van der Waals surface area contributed by atoms with Crippen LogP contribution in [0.25, 0.3) is 0 Å². The second-order valence-corrected chi connectivity index (χ2v) is 6.77. The summed E-state index contributed by atoms with van der Waals surface area (Å²) < 4.78 is 11.1. The highest BCUT2D eigenvalue weighted by atomic mass is 16.6. The highest BCUT2D eigenvalue weighted by molar-refractivity contribution is 6.22. The van der Waals surface area contributed by atoms with Gasteiger partial charge in [-0.25, -0.2) is 4.90 Å². The second kappa shape index (κ2) is 6.07. The van der Waals surface area contributed by atoms with Gasteiger partial charge in [0.05, 0.1) is 19.2 Å². The number of hydrogen-bond acceptors (Lipinski definition) is 4. The molecule has 0 saturated carbocycles. The highest BCUT2D eigenvalue weighted by Gasteiger charge is 2.46. The smallest absolute Gasteiger partial charge is 0.292 e. The number of likely N-dealkylation sites (N-methyl/N-ethyl adjacent to an activating group) is 1. The quantitative estimate of drug-likeness (QED) is 0.588. The van der Waals surface area contributed by atoms with E-state index in [9.17, 15) is 9.59 Å². The van der Waals surface area contributed by atoms with E-state index in [-0.39, 0.29) is 17.9 Å². The number of nitrogens with one attached hydrogen (secondary N) is 2. The number of quaternary nitrogens is 2. The van der Waals surface area contributed by atoms with Crippen LogP contribution in [0.1, 0.15) is 6.42 Å². The third kappa shape index (κ3) is 2.63. The predicted molar refractivity (Wildman–Crippen MR) is 85.6 cm³/mol. The van der Waals surface area contributed by atoms with E-state index in [0.29, 0.717) is 36.8 Å². The Balaban J connectivity index is 1.55. The minimum Gasteiger partial charge on any atom is -0.486 e. The van der Waals surface area contributed by atoms with Crippen molar-refractivity contribution in [1.82, 2.24) is 0 Å². The van der Waals surface area contributed by atoms with Gasteiger partial charge in [0.1, 0.15) is 39.4 Å². The Morgan fingerprint density at radius 1 is 1.04 bits per heavy atom. The topological polar surface area (TPSA) is 64.7 Å². The molecule has 7 heteroatoms. The zero-order chi connectivity index (χ0) is 16.7. The van der Waals surface area contributed by atoms with Crippen molar-refractivity contribution >= 4 is 17.5 Å². The van der Waals surface area contributed by atoms with Gasteiger partial charge in [0, 0.05) is 6.07 Å². The molecule has 2 fully saturated rings. The van der Waals surface area contributed by atoms with Crippen molar-refractivity contribution in [1.29, 1.82) is 0 Å². The van der Waals surface area contributed by atoms with Crippen LogP contribution in [0, 0.1) is 0 Å². The second-order valence-electron chi connectivity index (χ2n) is 6.77. The van der Waals surface area contributed by atoms with E-state index in [0.717, 1.165) is 26.2 Å². The molecule has 7 nitrogen and oxygen atoms in total. The lowest BCUT2D eigenvalue weighted by atomic mass is 10.2. The molecule has 0 spiro atoms. The molecule has 1 aromatic rings. The maximum absolute atomic E-state index is 12.9. The van der Waals surface area contributed by atoms with E-state index in [1.165, 1.54) is 14.7 Å². The van der Waals surface area contributed by atoms with Crippen LogP contribution in [0.15, 0.2) is 18.2 Å². The van der Waals surface area contributed by atoms with Crippen molar-refractivity contribution in [2.45, 2.75) is 12.5 Å². The van der Waals surface area contributed by atoms with Crippen LogP contribution < -0.4 is 24.2 Å². The van der Waals surface area contributed by atoms with Crippen molar-refractivity contribution in [2.24, 2.45) is 0 Å². The molecule has 1 unspecified atom stereocenters. The Labute approximate surface area is 140 Å². The first-order chi connectivity index (χ1) is 11.6. The van der Waals surface area contributed by atoms with Gasteiger partial charge >= 0.3 is 0 Å². The van der Waals surface area contributed by atoms with Gasteiger partial charge in [-0.15, -0.1) is 0 Å². The molecule has 2 N–H and O–H groups in total. The first-order valence-corrected chi connectivity index (χ1v) is 8.56. The first kappa shape index (κ1) is 15.4. The number of carbonyl (C=O) groups excluding carboxylic acids is 2. The lowest BCUT2D eigenvalue weighted by Gasteiger charge is -2.30. The molecule has 0 aliphatic carbocycles. The average molecular weight is 333 g/mol. The average Bonchev–Trinajstić information content (AvgIpc) is 2.90. The fraction of sp³-hybridized carbons (Fsp3) is 0.529. The Kier molecular flexibility index (Phi) is 3.90. The number of carbonyl (C=O) groups is 2. The van der Waals surface area contributed by atoms with Crippen LogP contribution in [0.5, 0.6) is 11.5 Å². The third-order valence-electron chi connectivity index (χ3n) is 5.17. The van der Waals surface area contributed by atoms with Gasteiger partial charge in [0.25, 0.3) is 5.91 Å². The zero-order valence-corrected chi connectivity index (χ0v) is 13.8. The standard InChI is InChI=1S/C17H21N3O4/c1-18-4-6-19(7-5-18)13-11-16(21)20(17(13)22)12-2-3-14-15(10-12)24-9-8-23-14/h2-3,10,13H,4-9,11H2,1H3/p+2. The molecule has 3 aliphatic heterocycles. The van der Waals surface area contributed by atoms with Gasteiger partial charge in [0.2, 0.25) is 5.91 Å². The summed E-state index contributed by atoms with van der Waals surface area (Å²) in [7, 11) is 2.17. The summed E-state index contributed by atoms with van der Waals surface area (Å²) in [5.74, 6) is 1.04. The maximum atomic E-state index is 12.9. The number of benzene rings is 1. The van der Waals surface area contributed by atoms with Crippen molar-refractivity contribution in [3.05, 3.63) is 18.2 Å². The van der Waals surface area contributed by atoms with Crippen LogP contribution in [0.2, 0.25) is 0 Å².